The molecular weight excluding hydrogens is 298 g/mol. The summed E-state index contributed by atoms with van der Waals surface area (Å²) in [4.78, 5) is 0. The van der Waals surface area contributed by atoms with Crippen molar-refractivity contribution in [2.75, 3.05) is 0 Å². The lowest BCUT2D eigenvalue weighted by Crippen LogP contribution is -2.06. The number of hydrogen-bond donors (Lipinski definition) is 2. The third kappa shape index (κ3) is 3.53. The van der Waals surface area contributed by atoms with Crippen molar-refractivity contribution < 1.29 is 19.0 Å². The van der Waals surface area contributed by atoms with Crippen LogP contribution in [-0.4, -0.2) is 10.2 Å². The molecule has 23 heavy (non-hydrogen) atoms. The quantitative estimate of drug-likeness (QED) is 0.832. The number of phenols is 1. The van der Waals surface area contributed by atoms with Crippen LogP contribution in [0.5, 0.6) is 5.75 Å². The molecule has 2 N–H and O–H groups in total. The van der Waals surface area contributed by atoms with Crippen molar-refractivity contribution in [3.63, 3.8) is 0 Å². The maximum absolute atomic E-state index is 13.9. The lowest BCUT2D eigenvalue weighted by atomic mass is 9.88. The number of hydrogen-bond acceptors (Lipinski definition) is 2. The number of benzene rings is 2. The molecule has 0 aliphatic rings. The van der Waals surface area contributed by atoms with Crippen LogP contribution in [0.3, 0.4) is 0 Å². The highest BCUT2D eigenvalue weighted by Crippen LogP contribution is 2.37. The van der Waals surface area contributed by atoms with Crippen LogP contribution in [0, 0.1) is 11.6 Å². The van der Waals surface area contributed by atoms with Gasteiger partial charge in [0.2, 0.25) is 0 Å². The highest BCUT2D eigenvalue weighted by Gasteiger charge is 2.21. The molecule has 1 atom stereocenters. The second-order valence-corrected chi connectivity index (χ2v) is 6.43. The van der Waals surface area contributed by atoms with Crippen LogP contribution < -0.4 is 0 Å². The minimum atomic E-state index is -1.29. The Morgan fingerprint density at radius 1 is 0.826 bits per heavy atom. The summed E-state index contributed by atoms with van der Waals surface area (Å²) in [6, 6.07) is 6.32. The minimum Gasteiger partial charge on any atom is -0.507 e. The molecule has 2 aromatic carbocycles. The Morgan fingerprint density at radius 3 is 1.83 bits per heavy atom. The van der Waals surface area contributed by atoms with Crippen molar-refractivity contribution in [1.82, 2.24) is 0 Å². The van der Waals surface area contributed by atoms with Gasteiger partial charge in [0, 0.05) is 5.56 Å². The van der Waals surface area contributed by atoms with E-state index < -0.39 is 17.7 Å². The van der Waals surface area contributed by atoms with E-state index >= 15 is 0 Å². The second-order valence-electron chi connectivity index (χ2n) is 6.43. The molecule has 2 nitrogen and oxygen atoms in total. The van der Waals surface area contributed by atoms with E-state index in [1.54, 1.807) is 12.1 Å². The Kier molecular flexibility index (Phi) is 5.05. The summed E-state index contributed by atoms with van der Waals surface area (Å²) in [6.07, 6.45) is -1.29. The summed E-state index contributed by atoms with van der Waals surface area (Å²) in [5, 5.41) is 20.9. The average Bonchev–Trinajstić information content (AvgIpc) is 2.48. The third-order valence-corrected chi connectivity index (χ3v) is 4.00. The third-order valence-electron chi connectivity index (χ3n) is 4.00. The van der Waals surface area contributed by atoms with Gasteiger partial charge in [-0.25, -0.2) is 8.78 Å². The fraction of sp³-hybridized carbons (Fsp3) is 0.368. The first kappa shape index (κ1) is 17.4. The van der Waals surface area contributed by atoms with Gasteiger partial charge in [-0.3, -0.25) is 0 Å². The summed E-state index contributed by atoms with van der Waals surface area (Å²) in [5.74, 6) is -0.990. The first-order chi connectivity index (χ1) is 10.7. The van der Waals surface area contributed by atoms with Gasteiger partial charge in [-0.15, -0.1) is 0 Å². The molecule has 4 heteroatoms. The molecule has 2 aromatic rings. The lowest BCUT2D eigenvalue weighted by Gasteiger charge is -2.20. The summed E-state index contributed by atoms with van der Waals surface area (Å²) in [7, 11) is 0. The molecule has 0 fully saturated rings. The molecule has 0 heterocycles. The Balaban J connectivity index is 2.60. The number of aromatic hydroxyl groups is 1. The molecule has 0 aliphatic heterocycles. The van der Waals surface area contributed by atoms with Gasteiger partial charge in [0.05, 0.1) is 0 Å². The van der Waals surface area contributed by atoms with Gasteiger partial charge in [0.25, 0.3) is 0 Å². The number of aliphatic hydroxyl groups is 1. The molecule has 0 aliphatic carbocycles. The van der Waals surface area contributed by atoms with Gasteiger partial charge in [-0.2, -0.15) is 0 Å². The van der Waals surface area contributed by atoms with Crippen molar-refractivity contribution in [3.8, 4) is 5.75 Å². The summed E-state index contributed by atoms with van der Waals surface area (Å²) >= 11 is 0. The van der Waals surface area contributed by atoms with Gasteiger partial charge in [-0.05, 0) is 58.9 Å². The molecule has 0 saturated carbocycles. The predicted octanol–water partition coefficient (Wildman–Crippen LogP) is 5.00. The van der Waals surface area contributed by atoms with E-state index in [1.807, 2.05) is 27.7 Å². The van der Waals surface area contributed by atoms with Gasteiger partial charge in [0.1, 0.15) is 23.5 Å². The van der Waals surface area contributed by atoms with Crippen LogP contribution in [0.4, 0.5) is 8.78 Å². The predicted molar refractivity (Wildman–Crippen MR) is 86.7 cm³/mol. The molecule has 2 rings (SSSR count). The average molecular weight is 320 g/mol. The van der Waals surface area contributed by atoms with Gasteiger partial charge in [0.15, 0.2) is 0 Å². The smallest absolute Gasteiger partial charge is 0.129 e. The van der Waals surface area contributed by atoms with Crippen LogP contribution in [0.2, 0.25) is 0 Å². The fourth-order valence-electron chi connectivity index (χ4n) is 2.65. The van der Waals surface area contributed by atoms with Crippen LogP contribution in [0.1, 0.15) is 67.9 Å². The molecule has 0 amide bonds. The molecule has 0 bridgehead atoms. The van der Waals surface area contributed by atoms with E-state index in [4.69, 9.17) is 0 Å². The largest absolute Gasteiger partial charge is 0.507 e. The molecule has 0 aromatic heterocycles. The highest BCUT2D eigenvalue weighted by molar-refractivity contribution is 5.48. The topological polar surface area (TPSA) is 40.5 Å². The minimum absolute atomic E-state index is 0.0389. The normalized spacial score (nSPS) is 12.9. The Bertz CT molecular complexity index is 680. The van der Waals surface area contributed by atoms with Gasteiger partial charge < -0.3 is 10.2 Å². The van der Waals surface area contributed by atoms with Crippen molar-refractivity contribution in [2.45, 2.75) is 45.6 Å². The molecule has 0 spiro atoms. The number of phenolic OH excluding ortho intramolecular Hbond substituents is 1. The summed E-state index contributed by atoms with van der Waals surface area (Å²) in [6.45, 7) is 7.71. The van der Waals surface area contributed by atoms with E-state index in [-0.39, 0.29) is 23.1 Å². The van der Waals surface area contributed by atoms with Crippen LogP contribution in [0.25, 0.3) is 0 Å². The molecule has 1 unspecified atom stereocenters. The first-order valence-corrected chi connectivity index (χ1v) is 7.72. The fourth-order valence-corrected chi connectivity index (χ4v) is 2.65. The zero-order chi connectivity index (χ0) is 17.3. The molecule has 0 radical (unpaired) electrons. The van der Waals surface area contributed by atoms with Crippen molar-refractivity contribution in [1.29, 1.82) is 0 Å². The Labute approximate surface area is 135 Å². The Hall–Kier alpha value is -1.94. The van der Waals surface area contributed by atoms with E-state index in [0.717, 1.165) is 18.2 Å². The summed E-state index contributed by atoms with van der Waals surface area (Å²) < 4.78 is 27.3. The number of rotatable bonds is 4. The lowest BCUT2D eigenvalue weighted by molar-refractivity contribution is 0.214. The maximum Gasteiger partial charge on any atom is 0.129 e. The van der Waals surface area contributed by atoms with Crippen LogP contribution in [-0.2, 0) is 0 Å². The van der Waals surface area contributed by atoms with Crippen LogP contribution >= 0.6 is 0 Å². The SMILES string of the molecule is CC(C)c1cc(C(O)c2cc(F)ccc2F)cc(C(C)C)c1O. The second kappa shape index (κ2) is 6.67. The van der Waals surface area contributed by atoms with Gasteiger partial charge in [-0.1, -0.05) is 27.7 Å². The first-order valence-electron chi connectivity index (χ1n) is 7.72. The Morgan fingerprint density at radius 2 is 1.35 bits per heavy atom. The van der Waals surface area contributed by atoms with Crippen molar-refractivity contribution in [2.24, 2.45) is 0 Å². The zero-order valence-electron chi connectivity index (χ0n) is 13.8. The highest BCUT2D eigenvalue weighted by atomic mass is 19.1. The molecule has 124 valence electrons. The van der Waals surface area contributed by atoms with Crippen molar-refractivity contribution >= 4 is 0 Å². The monoisotopic (exact) mass is 320 g/mol. The maximum atomic E-state index is 13.9. The van der Waals surface area contributed by atoms with Crippen LogP contribution in [0.15, 0.2) is 30.3 Å². The summed E-state index contributed by atoms with van der Waals surface area (Å²) in [5.41, 5.74) is 1.70. The standard InChI is InChI=1S/C19H22F2O2/c1-10(2)14-7-12(8-15(11(3)4)19(14)23)18(22)16-9-13(20)5-6-17(16)21/h5-11,18,22-23H,1-4H3. The van der Waals surface area contributed by atoms with E-state index in [9.17, 15) is 19.0 Å². The zero-order valence-corrected chi connectivity index (χ0v) is 13.8. The number of aliphatic hydroxyl groups excluding tert-OH is 1. The molecule has 0 saturated heterocycles. The van der Waals surface area contributed by atoms with E-state index in [1.165, 1.54) is 0 Å². The molecular formula is C19H22F2O2. The van der Waals surface area contributed by atoms with E-state index in [0.29, 0.717) is 16.7 Å². The van der Waals surface area contributed by atoms with Crippen molar-refractivity contribution in [3.05, 3.63) is 64.2 Å². The van der Waals surface area contributed by atoms with E-state index in [2.05, 4.69) is 0 Å². The van der Waals surface area contributed by atoms with Gasteiger partial charge >= 0.3 is 0 Å². The number of halogens is 2.